The van der Waals surface area contributed by atoms with Crippen LogP contribution in [0.1, 0.15) is 45.1 Å². The van der Waals surface area contributed by atoms with Crippen LogP contribution in [0.3, 0.4) is 0 Å². The van der Waals surface area contributed by atoms with Gasteiger partial charge in [0.1, 0.15) is 12.1 Å². The number of unbranched alkanes of at least 4 members (excludes halogenated alkanes) is 3. The van der Waals surface area contributed by atoms with Crippen LogP contribution in [0.5, 0.6) is 17.2 Å². The minimum Gasteiger partial charge on any atom is -0.493 e. The van der Waals surface area contributed by atoms with Gasteiger partial charge in [-0.2, -0.15) is 0 Å². The predicted molar refractivity (Wildman–Crippen MR) is 137 cm³/mol. The number of benzene rings is 2. The summed E-state index contributed by atoms with van der Waals surface area (Å²) in [6.07, 6.45) is 4.77. The molecule has 0 saturated carbocycles. The van der Waals surface area contributed by atoms with E-state index in [0.29, 0.717) is 30.2 Å². The largest absolute Gasteiger partial charge is 0.493 e. The van der Waals surface area contributed by atoms with Crippen molar-refractivity contribution < 1.29 is 23.8 Å². The molecule has 190 valence electrons. The highest BCUT2D eigenvalue weighted by atomic mass is 16.5. The zero-order valence-corrected chi connectivity index (χ0v) is 21.8. The average molecular weight is 483 g/mol. The van der Waals surface area contributed by atoms with Gasteiger partial charge in [0.2, 0.25) is 17.6 Å². The highest BCUT2D eigenvalue weighted by molar-refractivity contribution is 5.96. The molecule has 0 radical (unpaired) electrons. The molecular weight excluding hydrogens is 444 g/mol. The predicted octanol–water partition coefficient (Wildman–Crippen LogP) is 4.56. The fraction of sp³-hybridized carbons (Fsp3) is 0.500. The number of ether oxygens (including phenoxy) is 3. The quantitative estimate of drug-likeness (QED) is 0.439. The molecule has 7 nitrogen and oxygen atoms in total. The molecule has 2 atom stereocenters. The van der Waals surface area contributed by atoms with Crippen LogP contribution in [-0.4, -0.2) is 68.6 Å². The van der Waals surface area contributed by atoms with Gasteiger partial charge in [0, 0.05) is 20.0 Å². The van der Waals surface area contributed by atoms with E-state index in [0.717, 1.165) is 42.4 Å². The summed E-state index contributed by atoms with van der Waals surface area (Å²) in [6.45, 7) is 4.63. The van der Waals surface area contributed by atoms with Crippen LogP contribution in [0, 0.1) is 0 Å². The summed E-state index contributed by atoms with van der Waals surface area (Å²) in [5.74, 6) is 1.76. The molecule has 0 spiro atoms. The van der Waals surface area contributed by atoms with E-state index in [-0.39, 0.29) is 11.8 Å². The molecule has 1 aliphatic heterocycles. The van der Waals surface area contributed by atoms with Gasteiger partial charge in [-0.25, -0.2) is 0 Å². The van der Waals surface area contributed by atoms with Crippen LogP contribution >= 0.6 is 0 Å². The lowest BCUT2D eigenvalue weighted by Crippen LogP contribution is -2.63. The van der Waals surface area contributed by atoms with Crippen LogP contribution in [0.2, 0.25) is 0 Å². The first kappa shape index (κ1) is 26.4. The van der Waals surface area contributed by atoms with Gasteiger partial charge in [-0.3, -0.25) is 9.59 Å². The summed E-state index contributed by atoms with van der Waals surface area (Å²) >= 11 is 0. The fourth-order valence-electron chi connectivity index (χ4n) is 4.67. The van der Waals surface area contributed by atoms with Gasteiger partial charge >= 0.3 is 0 Å². The van der Waals surface area contributed by atoms with E-state index in [1.807, 2.05) is 43.3 Å². The molecule has 7 heteroatoms. The second-order valence-corrected chi connectivity index (χ2v) is 9.05. The highest BCUT2D eigenvalue weighted by Crippen LogP contribution is 2.41. The maximum absolute atomic E-state index is 13.3. The van der Waals surface area contributed by atoms with Crippen molar-refractivity contribution in [2.75, 3.05) is 34.9 Å². The Morgan fingerprint density at radius 1 is 0.829 bits per heavy atom. The molecule has 3 rings (SSSR count). The number of hydrogen-bond donors (Lipinski definition) is 0. The number of rotatable bonds is 11. The molecule has 1 heterocycles. The summed E-state index contributed by atoms with van der Waals surface area (Å²) in [5, 5.41) is 0. The Kier molecular flexibility index (Phi) is 9.01. The monoisotopic (exact) mass is 482 g/mol. The van der Waals surface area contributed by atoms with E-state index in [1.54, 1.807) is 38.2 Å². The Hall–Kier alpha value is -3.22. The van der Waals surface area contributed by atoms with E-state index in [2.05, 4.69) is 6.92 Å². The maximum atomic E-state index is 13.3. The summed E-state index contributed by atoms with van der Waals surface area (Å²) in [4.78, 5) is 29.6. The van der Waals surface area contributed by atoms with Gasteiger partial charge in [-0.15, -0.1) is 0 Å². The first-order valence-electron chi connectivity index (χ1n) is 12.3. The van der Waals surface area contributed by atoms with E-state index >= 15 is 0 Å². The lowest BCUT2D eigenvalue weighted by molar-refractivity contribution is -0.159. The van der Waals surface area contributed by atoms with Gasteiger partial charge in [0.15, 0.2) is 11.5 Å². The Morgan fingerprint density at radius 2 is 1.46 bits per heavy atom. The lowest BCUT2D eigenvalue weighted by atomic mass is 9.96. The first-order valence-corrected chi connectivity index (χ1v) is 12.3. The normalized spacial score (nSPS) is 18.1. The maximum Gasteiger partial charge on any atom is 0.246 e. The topological polar surface area (TPSA) is 68.3 Å². The van der Waals surface area contributed by atoms with Crippen molar-refractivity contribution in [2.45, 2.75) is 58.0 Å². The number of nitrogens with zero attached hydrogens (tertiary/aromatic N) is 2. The zero-order chi connectivity index (χ0) is 25.5. The van der Waals surface area contributed by atoms with Crippen LogP contribution in [-0.2, 0) is 16.0 Å². The minimum atomic E-state index is -0.489. The molecular formula is C28H38N2O5. The van der Waals surface area contributed by atoms with Crippen molar-refractivity contribution >= 4 is 11.8 Å². The number of carbonyl (C=O) groups is 2. The molecule has 2 aromatic rings. The Balaban J connectivity index is 1.78. The van der Waals surface area contributed by atoms with E-state index in [9.17, 15) is 9.59 Å². The summed E-state index contributed by atoms with van der Waals surface area (Å²) in [5.41, 5.74) is 2.91. The molecule has 1 fully saturated rings. The van der Waals surface area contributed by atoms with E-state index in [1.165, 1.54) is 0 Å². The van der Waals surface area contributed by atoms with Crippen LogP contribution in [0.4, 0.5) is 0 Å². The Bertz CT molecular complexity index is 996. The third kappa shape index (κ3) is 5.72. The smallest absolute Gasteiger partial charge is 0.246 e. The number of likely N-dealkylation sites (N-methyl/N-ethyl adjacent to an activating group) is 1. The molecule has 2 amide bonds. The van der Waals surface area contributed by atoms with Crippen molar-refractivity contribution in [2.24, 2.45) is 0 Å². The van der Waals surface area contributed by atoms with Crippen molar-refractivity contribution in [3.05, 3.63) is 42.0 Å². The van der Waals surface area contributed by atoms with Crippen molar-refractivity contribution in [3.8, 4) is 28.4 Å². The van der Waals surface area contributed by atoms with Gasteiger partial charge in [-0.05, 0) is 42.2 Å². The summed E-state index contributed by atoms with van der Waals surface area (Å²) < 4.78 is 16.4. The molecule has 0 N–H and O–H groups in total. The molecule has 2 aromatic carbocycles. The van der Waals surface area contributed by atoms with Crippen LogP contribution in [0.15, 0.2) is 36.4 Å². The number of carbonyl (C=O) groups excluding carboxylic acids is 2. The first-order chi connectivity index (χ1) is 16.9. The SMILES string of the molecule is CCCCCCN1C(=O)[C@H](Cc2ccc(-c3cc(OC)c(OC)c(OC)c3)cc2)N(C)C(=O)[C@H]1C. The van der Waals surface area contributed by atoms with Crippen molar-refractivity contribution in [1.29, 1.82) is 0 Å². The molecule has 0 unspecified atom stereocenters. The average Bonchev–Trinajstić information content (AvgIpc) is 2.89. The van der Waals surface area contributed by atoms with Gasteiger partial charge < -0.3 is 24.0 Å². The van der Waals surface area contributed by atoms with E-state index < -0.39 is 12.1 Å². The number of amides is 2. The van der Waals surface area contributed by atoms with E-state index in [4.69, 9.17) is 14.2 Å². The molecule has 35 heavy (non-hydrogen) atoms. The standard InChI is InChI=1S/C28H38N2O5/c1-7-8-9-10-15-30-19(2)27(31)29(3)23(28(30)32)16-20-11-13-21(14-12-20)22-17-24(33-4)26(35-6)25(18-22)34-5/h11-14,17-19,23H,7-10,15-16H2,1-6H3/t19-,23+/m1/s1. The molecule has 0 bridgehead atoms. The minimum absolute atomic E-state index is 0.000801. The van der Waals surface area contributed by atoms with Crippen LogP contribution < -0.4 is 14.2 Å². The van der Waals surface area contributed by atoms with Crippen molar-refractivity contribution in [3.63, 3.8) is 0 Å². The second kappa shape index (κ2) is 12.0. The zero-order valence-electron chi connectivity index (χ0n) is 21.8. The van der Waals surface area contributed by atoms with Gasteiger partial charge in [0.05, 0.1) is 21.3 Å². The van der Waals surface area contributed by atoms with Gasteiger partial charge in [-0.1, -0.05) is 50.5 Å². The Labute approximate surface area is 209 Å². The second-order valence-electron chi connectivity index (χ2n) is 9.05. The molecule has 1 aliphatic rings. The number of hydrogen-bond acceptors (Lipinski definition) is 5. The third-order valence-corrected chi connectivity index (χ3v) is 6.84. The molecule has 1 saturated heterocycles. The fourth-order valence-corrected chi connectivity index (χ4v) is 4.67. The lowest BCUT2D eigenvalue weighted by Gasteiger charge is -2.42. The number of piperazine rings is 1. The van der Waals surface area contributed by atoms with Gasteiger partial charge in [0.25, 0.3) is 0 Å². The number of methoxy groups -OCH3 is 3. The highest BCUT2D eigenvalue weighted by Gasteiger charge is 2.41. The van der Waals surface area contributed by atoms with Crippen LogP contribution in [0.25, 0.3) is 11.1 Å². The summed E-state index contributed by atoms with van der Waals surface area (Å²) in [6, 6.07) is 11.0. The molecule has 0 aliphatic carbocycles. The Morgan fingerprint density at radius 3 is 2.00 bits per heavy atom. The molecule has 0 aromatic heterocycles. The van der Waals surface area contributed by atoms with Crippen molar-refractivity contribution in [1.82, 2.24) is 9.80 Å². The third-order valence-electron chi connectivity index (χ3n) is 6.84. The summed E-state index contributed by atoms with van der Waals surface area (Å²) in [7, 11) is 6.50.